The first kappa shape index (κ1) is 15.4. The number of rotatable bonds is 6. The van der Waals surface area contributed by atoms with Gasteiger partial charge in [-0.05, 0) is 24.6 Å². The van der Waals surface area contributed by atoms with E-state index in [0.29, 0.717) is 17.1 Å². The number of carbonyl (C=O) groups is 1. The third-order valence-electron chi connectivity index (χ3n) is 3.00. The van der Waals surface area contributed by atoms with E-state index >= 15 is 0 Å². The van der Waals surface area contributed by atoms with Crippen molar-refractivity contribution in [3.05, 3.63) is 46.7 Å². The lowest BCUT2D eigenvalue weighted by Gasteiger charge is -2.12. The maximum absolute atomic E-state index is 12.3. The van der Waals surface area contributed by atoms with Gasteiger partial charge in [-0.3, -0.25) is 9.48 Å². The highest BCUT2D eigenvalue weighted by Gasteiger charge is 2.12. The molecule has 0 spiro atoms. The molecule has 0 aliphatic heterocycles. The van der Waals surface area contributed by atoms with Gasteiger partial charge < -0.3 is 10.6 Å². The minimum atomic E-state index is -0.153. The number of hydrogen-bond acceptors (Lipinski definition) is 3. The van der Waals surface area contributed by atoms with Crippen molar-refractivity contribution < 1.29 is 4.79 Å². The molecule has 112 valence electrons. The van der Waals surface area contributed by atoms with E-state index in [1.54, 1.807) is 23.0 Å². The van der Waals surface area contributed by atoms with Gasteiger partial charge in [0.2, 0.25) is 0 Å². The molecule has 1 aromatic heterocycles. The first-order valence-electron chi connectivity index (χ1n) is 6.89. The zero-order valence-electron chi connectivity index (χ0n) is 12.2. The fourth-order valence-electron chi connectivity index (χ4n) is 1.96. The van der Waals surface area contributed by atoms with Gasteiger partial charge >= 0.3 is 0 Å². The topological polar surface area (TPSA) is 59.0 Å². The van der Waals surface area contributed by atoms with Crippen LogP contribution >= 0.6 is 11.6 Å². The van der Waals surface area contributed by atoms with Gasteiger partial charge in [-0.2, -0.15) is 5.10 Å². The fraction of sp³-hybridized carbons (Fsp3) is 0.333. The number of anilines is 1. The Morgan fingerprint density at radius 3 is 2.90 bits per heavy atom. The molecule has 0 radical (unpaired) electrons. The van der Waals surface area contributed by atoms with Crippen molar-refractivity contribution in [1.29, 1.82) is 0 Å². The van der Waals surface area contributed by atoms with Gasteiger partial charge in [0.1, 0.15) is 0 Å². The summed E-state index contributed by atoms with van der Waals surface area (Å²) < 4.78 is 1.70. The zero-order chi connectivity index (χ0) is 15.2. The van der Waals surface area contributed by atoms with Crippen LogP contribution in [0, 0.1) is 0 Å². The molecule has 1 aromatic carbocycles. The van der Waals surface area contributed by atoms with E-state index in [1.807, 2.05) is 19.3 Å². The molecule has 2 N–H and O–H groups in total. The van der Waals surface area contributed by atoms with Crippen LogP contribution in [-0.4, -0.2) is 22.2 Å². The van der Waals surface area contributed by atoms with Gasteiger partial charge in [0.05, 0.1) is 11.8 Å². The van der Waals surface area contributed by atoms with E-state index < -0.39 is 0 Å². The Kier molecular flexibility index (Phi) is 5.22. The lowest BCUT2D eigenvalue weighted by Crippen LogP contribution is -2.24. The van der Waals surface area contributed by atoms with E-state index in [-0.39, 0.29) is 5.91 Å². The molecule has 0 aliphatic carbocycles. The zero-order valence-corrected chi connectivity index (χ0v) is 12.9. The molecular weight excluding hydrogens is 288 g/mol. The van der Waals surface area contributed by atoms with Crippen molar-refractivity contribution in [3.8, 4) is 0 Å². The van der Waals surface area contributed by atoms with Crippen LogP contribution < -0.4 is 10.6 Å². The Labute approximate surface area is 129 Å². The van der Waals surface area contributed by atoms with Gasteiger partial charge in [0.25, 0.3) is 5.91 Å². The molecular formula is C15H19ClN4O. The summed E-state index contributed by atoms with van der Waals surface area (Å²) in [7, 11) is 1.84. The molecule has 0 atom stereocenters. The van der Waals surface area contributed by atoms with E-state index in [9.17, 15) is 4.79 Å². The van der Waals surface area contributed by atoms with E-state index in [2.05, 4.69) is 22.7 Å². The molecule has 0 bridgehead atoms. The minimum Gasteiger partial charge on any atom is -0.384 e. The summed E-state index contributed by atoms with van der Waals surface area (Å²) in [6.45, 7) is 3.32. The number of aryl methyl sites for hydroxylation is 1. The molecule has 1 heterocycles. The summed E-state index contributed by atoms with van der Waals surface area (Å²) in [6, 6.07) is 5.28. The van der Waals surface area contributed by atoms with Crippen molar-refractivity contribution in [2.45, 2.75) is 19.9 Å². The van der Waals surface area contributed by atoms with Gasteiger partial charge in [0.15, 0.2) is 0 Å². The number of halogens is 1. The maximum atomic E-state index is 12.3. The van der Waals surface area contributed by atoms with Crippen LogP contribution in [0.4, 0.5) is 5.69 Å². The average molecular weight is 307 g/mol. The Bertz CT molecular complexity index is 624. The van der Waals surface area contributed by atoms with Crippen molar-refractivity contribution in [3.63, 3.8) is 0 Å². The van der Waals surface area contributed by atoms with Gasteiger partial charge in [-0.15, -0.1) is 0 Å². The Hall–Kier alpha value is -2.01. The summed E-state index contributed by atoms with van der Waals surface area (Å²) in [6.07, 6.45) is 4.59. The number of carbonyl (C=O) groups excluding carboxylic acids is 1. The molecule has 6 heteroatoms. The molecule has 0 aliphatic rings. The smallest absolute Gasteiger partial charge is 0.253 e. The molecule has 0 saturated heterocycles. The number of nitrogens with one attached hydrogen (secondary N) is 2. The summed E-state index contributed by atoms with van der Waals surface area (Å²) in [5, 5.41) is 10.7. The summed E-state index contributed by atoms with van der Waals surface area (Å²) >= 11 is 5.99. The molecule has 2 rings (SSSR count). The third kappa shape index (κ3) is 4.23. The first-order valence-corrected chi connectivity index (χ1v) is 7.27. The first-order chi connectivity index (χ1) is 10.1. The van der Waals surface area contributed by atoms with Gasteiger partial charge in [-0.1, -0.05) is 18.5 Å². The standard InChI is InChI=1S/C15H19ClN4O/c1-3-6-17-14-5-4-12(16)7-13(14)15(21)18-8-11-9-19-20(2)10-11/h4-5,7,9-10,17H,3,6,8H2,1-2H3,(H,18,21). The number of hydrogen-bond donors (Lipinski definition) is 2. The highest BCUT2D eigenvalue weighted by atomic mass is 35.5. The average Bonchev–Trinajstić information content (AvgIpc) is 2.89. The lowest BCUT2D eigenvalue weighted by atomic mass is 10.1. The molecule has 1 amide bonds. The molecule has 0 saturated carbocycles. The largest absolute Gasteiger partial charge is 0.384 e. The second kappa shape index (κ2) is 7.13. The van der Waals surface area contributed by atoms with Crippen molar-refractivity contribution >= 4 is 23.2 Å². The minimum absolute atomic E-state index is 0.153. The van der Waals surface area contributed by atoms with E-state index in [1.165, 1.54) is 0 Å². The number of nitrogens with zero attached hydrogens (tertiary/aromatic N) is 2. The number of amides is 1. The fourth-order valence-corrected chi connectivity index (χ4v) is 2.13. The Morgan fingerprint density at radius 2 is 2.24 bits per heavy atom. The molecule has 2 aromatic rings. The monoisotopic (exact) mass is 306 g/mol. The normalized spacial score (nSPS) is 10.4. The van der Waals surface area contributed by atoms with E-state index in [0.717, 1.165) is 24.2 Å². The highest BCUT2D eigenvalue weighted by Crippen LogP contribution is 2.20. The van der Waals surface area contributed by atoms with Crippen LogP contribution in [0.25, 0.3) is 0 Å². The molecule has 21 heavy (non-hydrogen) atoms. The molecule has 0 unspecified atom stereocenters. The summed E-state index contributed by atoms with van der Waals surface area (Å²) in [4.78, 5) is 12.3. The molecule has 5 nitrogen and oxygen atoms in total. The van der Waals surface area contributed by atoms with Crippen LogP contribution in [0.5, 0.6) is 0 Å². The Balaban J connectivity index is 2.08. The van der Waals surface area contributed by atoms with Crippen molar-refractivity contribution in [2.75, 3.05) is 11.9 Å². The summed E-state index contributed by atoms with van der Waals surface area (Å²) in [5.41, 5.74) is 2.31. The second-order valence-corrected chi connectivity index (χ2v) is 5.26. The second-order valence-electron chi connectivity index (χ2n) is 4.82. The van der Waals surface area contributed by atoms with Crippen LogP contribution in [0.3, 0.4) is 0 Å². The quantitative estimate of drug-likeness (QED) is 0.863. The van der Waals surface area contributed by atoms with Crippen molar-refractivity contribution in [2.24, 2.45) is 7.05 Å². The summed E-state index contributed by atoms with van der Waals surface area (Å²) in [5.74, 6) is -0.153. The SMILES string of the molecule is CCCNc1ccc(Cl)cc1C(=O)NCc1cnn(C)c1. The van der Waals surface area contributed by atoms with Crippen LogP contribution in [-0.2, 0) is 13.6 Å². The number of aromatic nitrogens is 2. The van der Waals surface area contributed by atoms with Crippen molar-refractivity contribution in [1.82, 2.24) is 15.1 Å². The third-order valence-corrected chi connectivity index (χ3v) is 3.24. The predicted octanol–water partition coefficient (Wildman–Crippen LogP) is 2.83. The Morgan fingerprint density at radius 1 is 1.43 bits per heavy atom. The van der Waals surface area contributed by atoms with E-state index in [4.69, 9.17) is 11.6 Å². The number of benzene rings is 1. The predicted molar refractivity (Wildman–Crippen MR) is 84.6 cm³/mol. The highest BCUT2D eigenvalue weighted by molar-refractivity contribution is 6.31. The molecule has 0 fully saturated rings. The van der Waals surface area contributed by atoms with Crippen LogP contribution in [0.1, 0.15) is 29.3 Å². The van der Waals surface area contributed by atoms with Gasteiger partial charge in [-0.25, -0.2) is 0 Å². The lowest BCUT2D eigenvalue weighted by molar-refractivity contribution is 0.0951. The van der Waals surface area contributed by atoms with Crippen LogP contribution in [0.2, 0.25) is 5.02 Å². The maximum Gasteiger partial charge on any atom is 0.253 e. The van der Waals surface area contributed by atoms with Crippen LogP contribution in [0.15, 0.2) is 30.6 Å². The van der Waals surface area contributed by atoms with Gasteiger partial charge in [0, 0.05) is 42.6 Å².